The lowest BCUT2D eigenvalue weighted by Gasteiger charge is -2.22. The van der Waals surface area contributed by atoms with Gasteiger partial charge < -0.3 is 11.1 Å². The number of pyridine rings is 1. The van der Waals surface area contributed by atoms with Crippen molar-refractivity contribution in [2.75, 3.05) is 23.3 Å². The van der Waals surface area contributed by atoms with Gasteiger partial charge >= 0.3 is 0 Å². The van der Waals surface area contributed by atoms with Gasteiger partial charge in [-0.15, -0.1) is 0 Å². The first-order valence-corrected chi connectivity index (χ1v) is 7.99. The summed E-state index contributed by atoms with van der Waals surface area (Å²) in [6, 6.07) is 5.06. The van der Waals surface area contributed by atoms with Crippen LogP contribution in [0.25, 0.3) is 10.9 Å². The number of nitrogen functional groups attached to an aromatic ring is 1. The summed E-state index contributed by atoms with van der Waals surface area (Å²) in [6.07, 6.45) is 5.42. The second-order valence-corrected chi connectivity index (χ2v) is 6.50. The topological polar surface area (TPSA) is 50.9 Å². The molecule has 1 atom stereocenters. The Balaban J connectivity index is 1.86. The number of rotatable bonds is 3. The minimum Gasteiger partial charge on any atom is -0.398 e. The van der Waals surface area contributed by atoms with E-state index in [1.165, 1.54) is 31.1 Å². The smallest absolute Gasteiger partial charge is 0.150 e. The molecule has 0 aliphatic carbocycles. The molecule has 5 heteroatoms. The predicted octanol–water partition coefficient (Wildman–Crippen LogP) is 3.65. The second kappa shape index (κ2) is 5.87. The van der Waals surface area contributed by atoms with E-state index in [2.05, 4.69) is 10.3 Å². The Morgan fingerprint density at radius 3 is 3.15 bits per heavy atom. The molecule has 106 valence electrons. The molecule has 0 radical (unpaired) electrons. The van der Waals surface area contributed by atoms with Gasteiger partial charge in [0, 0.05) is 29.1 Å². The Labute approximate surface area is 122 Å². The van der Waals surface area contributed by atoms with E-state index in [0.29, 0.717) is 22.1 Å². The van der Waals surface area contributed by atoms with Gasteiger partial charge in [-0.2, -0.15) is 11.8 Å². The fourth-order valence-electron chi connectivity index (χ4n) is 2.59. The Kier molecular flexibility index (Phi) is 3.96. The Morgan fingerprint density at radius 2 is 2.35 bits per heavy atom. The molecule has 1 fully saturated rings. The van der Waals surface area contributed by atoms with Crippen LogP contribution in [0, 0.1) is 5.82 Å². The van der Waals surface area contributed by atoms with Crippen molar-refractivity contribution in [1.82, 2.24) is 4.98 Å². The van der Waals surface area contributed by atoms with Gasteiger partial charge in [-0.25, -0.2) is 4.39 Å². The minimum absolute atomic E-state index is 0.325. The third-order valence-electron chi connectivity index (χ3n) is 3.66. The molecule has 1 unspecified atom stereocenters. The average Bonchev–Trinajstić information content (AvgIpc) is 2.48. The van der Waals surface area contributed by atoms with E-state index in [-0.39, 0.29) is 5.82 Å². The number of anilines is 2. The summed E-state index contributed by atoms with van der Waals surface area (Å²) in [6.45, 7) is 0.775. The summed E-state index contributed by atoms with van der Waals surface area (Å²) in [5, 5.41) is 4.59. The molecular weight excluding hydrogens is 273 g/mol. The normalized spacial score (nSPS) is 19.1. The van der Waals surface area contributed by atoms with Crippen molar-refractivity contribution in [1.29, 1.82) is 0 Å². The van der Waals surface area contributed by atoms with Gasteiger partial charge in [0.05, 0.1) is 11.2 Å². The summed E-state index contributed by atoms with van der Waals surface area (Å²) in [5.74, 6) is 0.879. The molecule has 0 bridgehead atoms. The molecule has 1 aliphatic rings. The summed E-state index contributed by atoms with van der Waals surface area (Å²) < 4.78 is 14.1. The second-order valence-electron chi connectivity index (χ2n) is 5.09. The van der Waals surface area contributed by atoms with Gasteiger partial charge in [0.15, 0.2) is 5.82 Å². The number of thioether (sulfide) groups is 1. The summed E-state index contributed by atoms with van der Waals surface area (Å²) in [7, 11) is 0. The molecule has 20 heavy (non-hydrogen) atoms. The van der Waals surface area contributed by atoms with Crippen LogP contribution in [0.2, 0.25) is 0 Å². The fraction of sp³-hybridized carbons (Fsp3) is 0.400. The number of nitrogens with one attached hydrogen (secondary N) is 1. The van der Waals surface area contributed by atoms with E-state index in [4.69, 9.17) is 5.73 Å². The van der Waals surface area contributed by atoms with Crippen LogP contribution in [0.3, 0.4) is 0 Å². The highest BCUT2D eigenvalue weighted by molar-refractivity contribution is 7.99. The number of hydrogen-bond donors (Lipinski definition) is 2. The zero-order valence-corrected chi connectivity index (χ0v) is 12.0. The molecule has 3 nitrogen and oxygen atoms in total. The number of fused-ring (bicyclic) bond motifs is 1. The fourth-order valence-corrected chi connectivity index (χ4v) is 3.83. The highest BCUT2D eigenvalue weighted by Crippen LogP contribution is 2.31. The van der Waals surface area contributed by atoms with Crippen molar-refractivity contribution < 1.29 is 4.39 Å². The van der Waals surface area contributed by atoms with Gasteiger partial charge in [-0.05, 0) is 36.8 Å². The molecule has 1 aromatic carbocycles. The molecular formula is C15H18FN3S. The van der Waals surface area contributed by atoms with Crippen molar-refractivity contribution in [2.45, 2.75) is 24.5 Å². The molecule has 2 heterocycles. The van der Waals surface area contributed by atoms with E-state index in [1.807, 2.05) is 23.9 Å². The van der Waals surface area contributed by atoms with E-state index in [1.54, 1.807) is 6.20 Å². The Hall–Kier alpha value is -1.49. The molecule has 0 spiro atoms. The molecule has 0 amide bonds. The highest BCUT2D eigenvalue weighted by Gasteiger charge is 2.16. The van der Waals surface area contributed by atoms with Gasteiger partial charge in [0.2, 0.25) is 0 Å². The van der Waals surface area contributed by atoms with Crippen molar-refractivity contribution >= 4 is 34.0 Å². The van der Waals surface area contributed by atoms with Gasteiger partial charge in [0.25, 0.3) is 0 Å². The molecule has 1 aliphatic heterocycles. The molecule has 1 saturated heterocycles. The maximum Gasteiger partial charge on any atom is 0.150 e. The van der Waals surface area contributed by atoms with E-state index < -0.39 is 0 Å². The number of nitrogens with zero attached hydrogens (tertiary/aromatic N) is 1. The van der Waals surface area contributed by atoms with Gasteiger partial charge in [-0.1, -0.05) is 6.42 Å². The van der Waals surface area contributed by atoms with E-state index in [9.17, 15) is 4.39 Å². The van der Waals surface area contributed by atoms with Crippen LogP contribution in [0.4, 0.5) is 15.8 Å². The van der Waals surface area contributed by atoms with Crippen LogP contribution in [0.5, 0.6) is 0 Å². The number of halogens is 1. The van der Waals surface area contributed by atoms with E-state index >= 15 is 0 Å². The highest BCUT2D eigenvalue weighted by atomic mass is 32.2. The Morgan fingerprint density at radius 1 is 1.45 bits per heavy atom. The summed E-state index contributed by atoms with van der Waals surface area (Å²) in [5.41, 5.74) is 7.38. The average molecular weight is 291 g/mol. The molecule has 3 rings (SSSR count). The van der Waals surface area contributed by atoms with Crippen LogP contribution in [0.1, 0.15) is 19.3 Å². The van der Waals surface area contributed by atoms with Gasteiger partial charge in [0.1, 0.15) is 0 Å². The first-order valence-electron chi connectivity index (χ1n) is 6.94. The van der Waals surface area contributed by atoms with Gasteiger partial charge in [-0.3, -0.25) is 4.98 Å². The molecule has 0 saturated carbocycles. The lowest BCUT2D eigenvalue weighted by atomic mass is 10.1. The number of benzene rings is 1. The number of hydrogen-bond acceptors (Lipinski definition) is 4. The zero-order valence-electron chi connectivity index (χ0n) is 11.2. The zero-order chi connectivity index (χ0) is 13.9. The summed E-state index contributed by atoms with van der Waals surface area (Å²) >= 11 is 1.97. The van der Waals surface area contributed by atoms with Crippen molar-refractivity contribution in [3.05, 3.63) is 30.2 Å². The first-order chi connectivity index (χ1) is 9.75. The van der Waals surface area contributed by atoms with E-state index in [0.717, 1.165) is 11.9 Å². The quantitative estimate of drug-likeness (QED) is 0.847. The number of nitrogens with two attached hydrogens (primary N) is 1. The third-order valence-corrected chi connectivity index (χ3v) is 5.06. The molecule has 2 aromatic rings. The minimum atomic E-state index is -0.325. The number of aromatic nitrogens is 1. The largest absolute Gasteiger partial charge is 0.398 e. The van der Waals surface area contributed by atoms with Crippen molar-refractivity contribution in [3.63, 3.8) is 0 Å². The molecule has 3 N–H and O–H groups in total. The summed E-state index contributed by atoms with van der Waals surface area (Å²) in [4.78, 5) is 4.28. The monoisotopic (exact) mass is 291 g/mol. The maximum absolute atomic E-state index is 14.1. The van der Waals surface area contributed by atoms with Crippen LogP contribution < -0.4 is 11.1 Å². The van der Waals surface area contributed by atoms with Crippen molar-refractivity contribution in [2.24, 2.45) is 0 Å². The SMILES string of the molecule is Nc1cc(F)c(NCC2CCCCS2)c2ncccc12. The maximum atomic E-state index is 14.1. The predicted molar refractivity (Wildman–Crippen MR) is 84.7 cm³/mol. The van der Waals surface area contributed by atoms with Crippen LogP contribution in [-0.4, -0.2) is 22.5 Å². The lowest BCUT2D eigenvalue weighted by molar-refractivity contribution is 0.629. The van der Waals surface area contributed by atoms with Crippen LogP contribution in [-0.2, 0) is 0 Å². The third kappa shape index (κ3) is 2.68. The van der Waals surface area contributed by atoms with Crippen molar-refractivity contribution in [3.8, 4) is 0 Å². The standard InChI is InChI=1S/C15H18FN3S/c16-12-8-13(17)11-5-3-6-18-14(11)15(12)19-9-10-4-1-2-7-20-10/h3,5-6,8,10,19H,1-2,4,7,9,17H2. The van der Waals surface area contributed by atoms with Crippen LogP contribution in [0.15, 0.2) is 24.4 Å². The lowest BCUT2D eigenvalue weighted by Crippen LogP contribution is -2.20. The Bertz CT molecular complexity index is 611. The first kappa shape index (κ1) is 13.5. The molecule has 1 aromatic heterocycles. The van der Waals surface area contributed by atoms with Crippen LogP contribution >= 0.6 is 11.8 Å².